The molecule has 5 heteroatoms. The fourth-order valence-corrected chi connectivity index (χ4v) is 3.48. The molecule has 0 bridgehead atoms. The minimum Gasteiger partial charge on any atom is -0.486 e. The molecule has 1 aliphatic heterocycles. The van der Waals surface area contributed by atoms with Crippen molar-refractivity contribution in [3.8, 4) is 5.75 Å². The van der Waals surface area contributed by atoms with Crippen LogP contribution in [-0.2, 0) is 0 Å². The zero-order chi connectivity index (χ0) is 18.4. The smallest absolute Gasteiger partial charge is 0.254 e. The van der Waals surface area contributed by atoms with Crippen molar-refractivity contribution in [1.29, 1.82) is 0 Å². The number of carbonyl (C=O) groups excluding carboxylic acids is 1. The minimum absolute atomic E-state index is 0.00452. The van der Waals surface area contributed by atoms with Gasteiger partial charge < -0.3 is 14.2 Å². The average molecular weight is 352 g/mol. The molecule has 1 saturated carbocycles. The van der Waals surface area contributed by atoms with E-state index in [0.717, 1.165) is 29.7 Å². The van der Waals surface area contributed by atoms with Crippen LogP contribution in [0.25, 0.3) is 0 Å². The second kappa shape index (κ2) is 6.31. The number of aryl methyl sites for hydroxylation is 3. The molecule has 4 rings (SSSR count). The van der Waals surface area contributed by atoms with Crippen molar-refractivity contribution in [2.24, 2.45) is 0 Å². The number of likely N-dealkylation sites (tertiary alicyclic amines) is 1. The van der Waals surface area contributed by atoms with Gasteiger partial charge in [-0.25, -0.2) is 0 Å². The van der Waals surface area contributed by atoms with E-state index in [1.165, 1.54) is 5.56 Å². The van der Waals surface area contributed by atoms with Crippen LogP contribution in [-0.4, -0.2) is 34.6 Å². The molecule has 2 heterocycles. The Balaban J connectivity index is 1.38. The first-order chi connectivity index (χ1) is 12.4. The van der Waals surface area contributed by atoms with E-state index < -0.39 is 0 Å². The maximum absolute atomic E-state index is 12.5. The highest BCUT2D eigenvalue weighted by Crippen LogP contribution is 2.35. The summed E-state index contributed by atoms with van der Waals surface area (Å²) in [6.45, 7) is 7.10. The third-order valence-corrected chi connectivity index (χ3v) is 5.34. The summed E-state index contributed by atoms with van der Waals surface area (Å²) in [7, 11) is 0. The predicted molar refractivity (Wildman–Crippen MR) is 99.9 cm³/mol. The summed E-state index contributed by atoms with van der Waals surface area (Å²) in [4.78, 5) is 26.6. The highest BCUT2D eigenvalue weighted by atomic mass is 16.5. The molecule has 2 fully saturated rings. The number of pyridine rings is 1. The fourth-order valence-electron chi connectivity index (χ4n) is 3.48. The Morgan fingerprint density at radius 2 is 1.77 bits per heavy atom. The average Bonchev–Trinajstić information content (AvgIpc) is 3.36. The number of rotatable bonds is 4. The third kappa shape index (κ3) is 3.14. The van der Waals surface area contributed by atoms with Crippen molar-refractivity contribution in [3.05, 3.63) is 63.1 Å². The quantitative estimate of drug-likeness (QED) is 0.850. The first-order valence-electron chi connectivity index (χ1n) is 9.19. The van der Waals surface area contributed by atoms with E-state index in [1.54, 1.807) is 11.0 Å². The number of nitrogens with zero attached hydrogens (tertiary/aromatic N) is 2. The molecule has 5 nitrogen and oxygen atoms in total. The van der Waals surface area contributed by atoms with Gasteiger partial charge >= 0.3 is 0 Å². The van der Waals surface area contributed by atoms with E-state index in [9.17, 15) is 9.59 Å². The lowest BCUT2D eigenvalue weighted by molar-refractivity contribution is 0.0176. The molecule has 26 heavy (non-hydrogen) atoms. The van der Waals surface area contributed by atoms with Crippen LogP contribution in [0.1, 0.15) is 46.1 Å². The minimum atomic E-state index is -0.0546. The highest BCUT2D eigenvalue weighted by molar-refractivity contribution is 5.95. The monoisotopic (exact) mass is 352 g/mol. The molecule has 2 aliphatic rings. The second-order valence-electron chi connectivity index (χ2n) is 7.52. The molecule has 1 aromatic carbocycles. The molecule has 2 aromatic rings. The number of ether oxygens (including phenoxy) is 1. The van der Waals surface area contributed by atoms with Crippen LogP contribution in [0.4, 0.5) is 0 Å². The van der Waals surface area contributed by atoms with Gasteiger partial charge in [0.2, 0.25) is 0 Å². The van der Waals surface area contributed by atoms with Crippen LogP contribution in [0.3, 0.4) is 0 Å². The Bertz CT molecular complexity index is 921. The number of hydrogen-bond acceptors (Lipinski definition) is 3. The maximum atomic E-state index is 12.5. The molecular weight excluding hydrogens is 328 g/mol. The normalized spacial score (nSPS) is 17.1. The van der Waals surface area contributed by atoms with Crippen molar-refractivity contribution in [2.75, 3.05) is 13.1 Å². The lowest BCUT2D eigenvalue weighted by Gasteiger charge is -2.39. The van der Waals surface area contributed by atoms with E-state index >= 15 is 0 Å². The molecule has 0 spiro atoms. The zero-order valence-electron chi connectivity index (χ0n) is 15.5. The van der Waals surface area contributed by atoms with Crippen LogP contribution in [0, 0.1) is 20.8 Å². The largest absolute Gasteiger partial charge is 0.486 e. The Morgan fingerprint density at radius 1 is 1.04 bits per heavy atom. The lowest BCUT2D eigenvalue weighted by atomic mass is 10.0. The first kappa shape index (κ1) is 16.9. The van der Waals surface area contributed by atoms with Crippen LogP contribution in [0.5, 0.6) is 5.75 Å². The van der Waals surface area contributed by atoms with Gasteiger partial charge in [-0.3, -0.25) is 9.59 Å². The molecule has 0 unspecified atom stereocenters. The summed E-state index contributed by atoms with van der Waals surface area (Å²) < 4.78 is 7.77. The van der Waals surface area contributed by atoms with Gasteiger partial charge in [0, 0.05) is 23.4 Å². The zero-order valence-corrected chi connectivity index (χ0v) is 15.5. The molecule has 0 radical (unpaired) electrons. The summed E-state index contributed by atoms with van der Waals surface area (Å²) in [5, 5.41) is 0. The Morgan fingerprint density at radius 3 is 2.38 bits per heavy atom. The van der Waals surface area contributed by atoms with Gasteiger partial charge in [0.15, 0.2) is 0 Å². The third-order valence-electron chi connectivity index (χ3n) is 5.34. The Kier molecular flexibility index (Phi) is 4.10. The first-order valence-corrected chi connectivity index (χ1v) is 9.19. The number of hydrogen-bond donors (Lipinski definition) is 0. The van der Waals surface area contributed by atoms with Gasteiger partial charge in [-0.15, -0.1) is 0 Å². The highest BCUT2D eigenvalue weighted by Gasteiger charge is 2.33. The molecule has 136 valence electrons. The fraction of sp³-hybridized carbons (Fsp3) is 0.429. The van der Waals surface area contributed by atoms with E-state index in [2.05, 4.69) is 0 Å². The summed E-state index contributed by atoms with van der Waals surface area (Å²) in [6, 6.07) is 9.65. The van der Waals surface area contributed by atoms with Gasteiger partial charge in [0.05, 0.1) is 13.1 Å². The number of carbonyl (C=O) groups is 1. The van der Waals surface area contributed by atoms with Crippen molar-refractivity contribution < 1.29 is 9.53 Å². The van der Waals surface area contributed by atoms with Gasteiger partial charge in [-0.2, -0.15) is 0 Å². The molecule has 0 atom stereocenters. The van der Waals surface area contributed by atoms with Crippen molar-refractivity contribution in [2.45, 2.75) is 45.8 Å². The molecule has 1 aromatic heterocycles. The molecule has 1 saturated heterocycles. The SMILES string of the molecule is Cc1ccc(C(=O)N2CC(Oc3cc(C)n(C4CC4)c(=O)c3)C2)cc1C. The Labute approximate surface area is 153 Å². The number of amides is 1. The van der Waals surface area contributed by atoms with Crippen LogP contribution in [0.2, 0.25) is 0 Å². The lowest BCUT2D eigenvalue weighted by Crippen LogP contribution is -2.56. The topological polar surface area (TPSA) is 51.5 Å². The van der Waals surface area contributed by atoms with Gasteiger partial charge in [0.1, 0.15) is 11.9 Å². The van der Waals surface area contributed by atoms with Crippen molar-refractivity contribution in [1.82, 2.24) is 9.47 Å². The number of benzene rings is 1. The van der Waals surface area contributed by atoms with Crippen molar-refractivity contribution in [3.63, 3.8) is 0 Å². The van der Waals surface area contributed by atoms with E-state index in [-0.39, 0.29) is 17.6 Å². The summed E-state index contributed by atoms with van der Waals surface area (Å²) in [5.74, 6) is 0.640. The van der Waals surface area contributed by atoms with Crippen molar-refractivity contribution >= 4 is 5.91 Å². The van der Waals surface area contributed by atoms with E-state index in [1.807, 2.05) is 49.6 Å². The molecular formula is C21H24N2O3. The molecule has 1 amide bonds. The van der Waals surface area contributed by atoms with E-state index in [0.29, 0.717) is 24.9 Å². The molecule has 1 aliphatic carbocycles. The molecule has 0 N–H and O–H groups in total. The Hall–Kier alpha value is -2.56. The maximum Gasteiger partial charge on any atom is 0.254 e. The van der Waals surface area contributed by atoms with Gasteiger partial charge in [-0.05, 0) is 62.9 Å². The van der Waals surface area contributed by atoms with Gasteiger partial charge in [-0.1, -0.05) is 6.07 Å². The van der Waals surface area contributed by atoms with Crippen LogP contribution in [0.15, 0.2) is 35.1 Å². The number of aromatic nitrogens is 1. The van der Waals surface area contributed by atoms with Crippen LogP contribution >= 0.6 is 0 Å². The summed E-state index contributed by atoms with van der Waals surface area (Å²) in [6.07, 6.45) is 2.11. The van der Waals surface area contributed by atoms with Gasteiger partial charge in [0.25, 0.3) is 11.5 Å². The standard InChI is InChI=1S/C21H24N2O3/c1-13-4-5-16(8-14(13)2)21(25)22-11-19(12-22)26-18-9-15(3)23(17-6-7-17)20(24)10-18/h4-5,8-10,17,19H,6-7,11-12H2,1-3H3. The van der Waals surface area contributed by atoms with E-state index in [4.69, 9.17) is 4.74 Å². The van der Waals surface area contributed by atoms with Crippen LogP contribution < -0.4 is 10.3 Å². The second-order valence-corrected chi connectivity index (χ2v) is 7.52. The summed E-state index contributed by atoms with van der Waals surface area (Å²) >= 11 is 0. The summed E-state index contributed by atoms with van der Waals surface area (Å²) in [5.41, 5.74) is 3.97. The predicted octanol–water partition coefficient (Wildman–Crippen LogP) is 3.01.